The van der Waals surface area contributed by atoms with E-state index >= 15 is 0 Å². The van der Waals surface area contributed by atoms with Crippen molar-refractivity contribution in [2.45, 2.75) is 225 Å². The van der Waals surface area contributed by atoms with Gasteiger partial charge in [0.2, 0.25) is 0 Å². The molecule has 0 radical (unpaired) electrons. The topological polar surface area (TPSA) is 480 Å². The van der Waals surface area contributed by atoms with E-state index in [2.05, 4.69) is 56.3 Å². The molecule has 0 bridgehead atoms. The third kappa shape index (κ3) is 22.8. The first kappa shape index (κ1) is 103. The molecule has 4 atom stereocenters. The number of aliphatic hydroxyl groups is 4. The molecule has 0 saturated heterocycles. The molecular formula is C114H122BrN21O11. The Labute approximate surface area is 859 Å². The van der Waals surface area contributed by atoms with Gasteiger partial charge >= 0.3 is 0 Å². The largest absolute Gasteiger partial charge is 0.386 e. The van der Waals surface area contributed by atoms with Crippen LogP contribution in [0, 0.1) is 17.8 Å². The van der Waals surface area contributed by atoms with Crippen LogP contribution in [0.2, 0.25) is 0 Å². The van der Waals surface area contributed by atoms with Crippen LogP contribution in [-0.4, -0.2) is 182 Å². The number of nitrogens with two attached hydrogens (primary N) is 4. The van der Waals surface area contributed by atoms with Crippen molar-refractivity contribution in [2.24, 2.45) is 17.8 Å². The van der Waals surface area contributed by atoms with Crippen molar-refractivity contribution >= 4 is 102 Å². The molecule has 16 aromatic rings. The summed E-state index contributed by atoms with van der Waals surface area (Å²) in [5.74, 6) is 1.54. The summed E-state index contributed by atoms with van der Waals surface area (Å²) >= 11 is 3.66. The number of likely N-dealkylation sites (N-methyl/N-ethyl adjacent to an activating group) is 1. The summed E-state index contributed by atoms with van der Waals surface area (Å²) in [5, 5.41) is 56.2. The van der Waals surface area contributed by atoms with Gasteiger partial charge in [0.15, 0.2) is 57.3 Å². The number of carbonyl (C=O) groups is 7. The lowest BCUT2D eigenvalue weighted by atomic mass is 9.77. The van der Waals surface area contributed by atoms with E-state index < -0.39 is 24.4 Å². The molecule has 33 heteroatoms. The van der Waals surface area contributed by atoms with Gasteiger partial charge in [0.05, 0.1) is 91.5 Å². The molecule has 147 heavy (non-hydrogen) atoms. The summed E-state index contributed by atoms with van der Waals surface area (Å²) in [6.45, 7) is 10.6. The highest BCUT2D eigenvalue weighted by Gasteiger charge is 2.38. The van der Waals surface area contributed by atoms with Crippen LogP contribution >= 0.6 is 15.9 Å². The average molecular weight is 2040 g/mol. The minimum absolute atomic E-state index is 0.0221. The molecule has 1 amide bonds. The zero-order chi connectivity index (χ0) is 104. The molecule has 0 aliphatic heterocycles. The van der Waals surface area contributed by atoms with Gasteiger partial charge in [-0.3, -0.25) is 53.5 Å². The molecule has 12 heterocycles. The Balaban J connectivity index is 0.000000134. The summed E-state index contributed by atoms with van der Waals surface area (Å²) in [5.41, 5.74) is 47.2. The van der Waals surface area contributed by atoms with Gasteiger partial charge in [-0.1, -0.05) is 146 Å². The predicted molar refractivity (Wildman–Crippen MR) is 569 cm³/mol. The Morgan fingerprint density at radius 1 is 0.320 bits per heavy atom. The Bertz CT molecular complexity index is 7230. The van der Waals surface area contributed by atoms with Gasteiger partial charge in [-0.25, -0.2) is 19.9 Å². The number of halogens is 1. The van der Waals surface area contributed by atoms with E-state index in [4.69, 9.17) is 42.9 Å². The minimum atomic E-state index is -1.03. The number of carbonyl (C=O) groups excluding carboxylic acids is 7. The van der Waals surface area contributed by atoms with E-state index in [9.17, 15) is 54.0 Å². The molecule has 12 aromatic heterocycles. The number of nitrogens with zero attached hydrogens (tertiary/aromatic N) is 17. The number of pyridine rings is 4. The van der Waals surface area contributed by atoms with Gasteiger partial charge in [-0.05, 0) is 209 Å². The fourth-order valence-electron chi connectivity index (χ4n) is 21.0. The summed E-state index contributed by atoms with van der Waals surface area (Å²) in [6, 6.07) is 55.9. The lowest BCUT2D eigenvalue weighted by Gasteiger charge is -2.35. The smallest absolute Gasteiger partial charge is 0.251 e. The number of anilines is 4. The first-order valence-electron chi connectivity index (χ1n) is 50.4. The fraction of sp³-hybridized carbons (Fsp3) is 0.342. The Morgan fingerprint density at radius 2 is 0.558 bits per heavy atom. The molecule has 4 aliphatic rings. The van der Waals surface area contributed by atoms with Crippen LogP contribution in [0.5, 0.6) is 0 Å². The maximum atomic E-state index is 12.7. The van der Waals surface area contributed by atoms with E-state index in [1.54, 1.807) is 66.8 Å². The predicted octanol–water partition coefficient (Wildman–Crippen LogP) is 19.2. The number of Topliss-reactive ketones (excluding diaryl/α,β-unsaturated/α-hetero) is 6. The van der Waals surface area contributed by atoms with Crippen molar-refractivity contribution < 1.29 is 54.0 Å². The van der Waals surface area contributed by atoms with Gasteiger partial charge in [0, 0.05) is 148 Å². The van der Waals surface area contributed by atoms with Gasteiger partial charge in [-0.15, -0.1) is 0 Å². The lowest BCUT2D eigenvalue weighted by Crippen LogP contribution is -2.43. The highest BCUT2D eigenvalue weighted by Crippen LogP contribution is 2.47. The quantitative estimate of drug-likeness (QED) is 0.0233. The van der Waals surface area contributed by atoms with Crippen LogP contribution in [0.4, 0.5) is 23.3 Å². The second kappa shape index (κ2) is 45.7. The summed E-state index contributed by atoms with van der Waals surface area (Å²) in [6.07, 6.45) is 24.9. The summed E-state index contributed by atoms with van der Waals surface area (Å²) in [7, 11) is 1.74. The monoisotopic (exact) mass is 2040 g/mol. The Hall–Kier alpha value is -15.0. The number of nitrogen functional groups attached to an aromatic ring is 4. The molecule has 0 unspecified atom stereocenters. The SMILES string of the molecule is CC(=O)c1c(C2CCC(CC(=O)[C@@H](C)O)CC2)nc2c(-c3ccc(-c4ccccc4)nc3)cnn2c1N.CC(=O)c1c(C2CCC(CC(=O)[C@@H](C)O)CC2)nc2c(-c3ccc(-c4ccccc4)nc3)cnn2c1N.CC(=O)c1c(C2CCC(N(C)C(=O)[C@@H](C)O)CC2)nc2c(-c3ccc(-c4ccccc4)nc3)cnn2c1N.C[C@@H](O)C(=O)CC1CCC(c2nc3c(-c4ccc(-c5ccccc5)nc4)cnn3c(N)c2Br)CC1. The summed E-state index contributed by atoms with van der Waals surface area (Å²) < 4.78 is 7.05. The van der Waals surface area contributed by atoms with Crippen molar-refractivity contribution in [1.29, 1.82) is 0 Å². The number of hydrogen-bond donors (Lipinski definition) is 8. The van der Waals surface area contributed by atoms with Crippen LogP contribution in [-0.2, 0) is 19.2 Å². The third-order valence-corrected chi connectivity index (χ3v) is 30.1. The van der Waals surface area contributed by atoms with E-state index in [0.717, 1.165) is 202 Å². The van der Waals surface area contributed by atoms with Crippen LogP contribution in [0.15, 0.2) is 224 Å². The number of amides is 1. The van der Waals surface area contributed by atoms with Crippen molar-refractivity contribution in [1.82, 2.24) is 83.2 Å². The van der Waals surface area contributed by atoms with Crippen LogP contribution in [0.1, 0.15) is 248 Å². The number of rotatable bonds is 26. The second-order valence-electron chi connectivity index (χ2n) is 39.3. The van der Waals surface area contributed by atoms with Crippen LogP contribution in [0.25, 0.3) is 112 Å². The number of aliphatic hydroxyl groups excluding tert-OH is 4. The lowest BCUT2D eigenvalue weighted by molar-refractivity contribution is -0.140. The Kier molecular flexibility index (Phi) is 32.2. The molecular weight excluding hydrogens is 1920 g/mol. The van der Waals surface area contributed by atoms with Crippen molar-refractivity contribution in [2.75, 3.05) is 30.0 Å². The molecule has 4 aromatic carbocycles. The number of ketones is 6. The van der Waals surface area contributed by atoms with Gasteiger partial charge in [-0.2, -0.15) is 38.5 Å². The molecule has 32 nitrogen and oxygen atoms in total. The van der Waals surface area contributed by atoms with Gasteiger partial charge in [0.25, 0.3) is 5.91 Å². The highest BCUT2D eigenvalue weighted by molar-refractivity contribution is 9.10. The highest BCUT2D eigenvalue weighted by atomic mass is 79.9. The third-order valence-electron chi connectivity index (χ3n) is 29.3. The standard InChI is InChI=1S/C29H32N6O3.2C29H31N5O3.C27H28BrN5O2/c1-17(36)25-26(20-9-12-22(13-10-20)34(3)29(38)18(2)37)33-28-23(16-32-35(28)27(25)30)21-11-14-24(31-15-21)19-7-5-4-6-8-19;2*1-17(35)25(37)14-19-8-10-21(11-9-19)27-26(18(2)36)28(30)34-29(33-27)23(16-32-34)22-12-13-24(31-15-22)20-6-4-3-5-7-20;1-16(34)23(35)13-17-7-9-19(10-8-17)25-24(28)26(29)33-27(32-25)21(15-31-33)20-11-12-22(30-14-20)18-5-3-2-4-6-18/h4-8,11,14-16,18,20,22,37H,9-10,12-13,30H2,1-3H3;2*3-7,12-13,15-17,19,21,35H,8-11,14,30H2,1-2H3;2-6,11-12,14-17,19,34H,7-10,13,29H2,1H3/t18-,20?,22?;2*17-,19?,21?;16-,17?,19?/m1111/s1. The van der Waals surface area contributed by atoms with Crippen LogP contribution in [0.3, 0.4) is 0 Å². The van der Waals surface area contributed by atoms with E-state index in [-0.39, 0.29) is 88.0 Å². The summed E-state index contributed by atoms with van der Waals surface area (Å²) in [4.78, 5) is 126. The maximum Gasteiger partial charge on any atom is 0.251 e. The van der Waals surface area contributed by atoms with Gasteiger partial charge in [0.1, 0.15) is 47.7 Å². The molecule has 20 rings (SSSR count). The molecule has 12 N–H and O–H groups in total. The minimum Gasteiger partial charge on any atom is -0.386 e. The van der Waals surface area contributed by atoms with E-state index in [1.165, 1.54) is 55.1 Å². The van der Waals surface area contributed by atoms with Crippen molar-refractivity contribution in [3.63, 3.8) is 0 Å². The first-order valence-corrected chi connectivity index (χ1v) is 51.1. The van der Waals surface area contributed by atoms with Crippen molar-refractivity contribution in [3.05, 3.63) is 263 Å². The van der Waals surface area contributed by atoms with E-state index in [0.29, 0.717) is 99.0 Å². The first-order chi connectivity index (χ1) is 70.8. The molecule has 4 fully saturated rings. The van der Waals surface area contributed by atoms with Crippen LogP contribution < -0.4 is 22.9 Å². The number of fused-ring (bicyclic) bond motifs is 4. The van der Waals surface area contributed by atoms with Crippen molar-refractivity contribution in [3.8, 4) is 89.5 Å². The average Bonchev–Trinajstić information content (AvgIpc) is 1.65. The van der Waals surface area contributed by atoms with Gasteiger partial charge < -0.3 is 48.3 Å². The zero-order valence-electron chi connectivity index (χ0n) is 83.6. The molecule has 4 saturated carbocycles. The Morgan fingerprint density at radius 3 is 0.789 bits per heavy atom. The zero-order valence-corrected chi connectivity index (χ0v) is 85.2. The van der Waals surface area contributed by atoms with E-state index in [1.807, 2.05) is 176 Å². The number of benzene rings is 4. The number of aromatic nitrogens is 16. The normalized spacial score (nSPS) is 18.6. The number of hydrogen-bond acceptors (Lipinski definition) is 27. The second-order valence-corrected chi connectivity index (χ2v) is 40.1. The maximum absolute atomic E-state index is 12.7. The molecule has 0 spiro atoms. The molecule has 756 valence electrons. The fourth-order valence-corrected chi connectivity index (χ4v) is 21.6. The molecule has 4 aliphatic carbocycles.